The molecule has 2 heterocycles. The molecule has 1 aromatic heterocycles. The lowest BCUT2D eigenvalue weighted by atomic mass is 10.1. The molecule has 156 valence electrons. The van der Waals surface area contributed by atoms with Crippen LogP contribution in [0.2, 0.25) is 0 Å². The fourth-order valence-corrected chi connectivity index (χ4v) is 4.08. The highest BCUT2D eigenvalue weighted by Gasteiger charge is 2.17. The molecule has 7 nitrogen and oxygen atoms in total. The Morgan fingerprint density at radius 3 is 2.57 bits per heavy atom. The Labute approximate surface area is 179 Å². The van der Waals surface area contributed by atoms with Crippen LogP contribution in [0.25, 0.3) is 11.4 Å². The van der Waals surface area contributed by atoms with Crippen LogP contribution in [0, 0.1) is 13.8 Å². The van der Waals surface area contributed by atoms with Gasteiger partial charge in [0, 0.05) is 24.7 Å². The van der Waals surface area contributed by atoms with Crippen LogP contribution < -0.4 is 14.8 Å². The number of nitrogens with one attached hydrogen (secondary N) is 1. The molecule has 0 spiro atoms. The molecule has 1 N–H and O–H groups in total. The molecular formula is C22H24N4O3S. The average molecular weight is 425 g/mol. The number of amides is 1. The molecule has 1 aliphatic heterocycles. The summed E-state index contributed by atoms with van der Waals surface area (Å²) in [5, 5.41) is 12.2. The maximum absolute atomic E-state index is 12.4. The van der Waals surface area contributed by atoms with E-state index in [1.165, 1.54) is 11.8 Å². The van der Waals surface area contributed by atoms with Crippen molar-refractivity contribution in [2.75, 3.05) is 24.3 Å². The first-order valence-electron chi connectivity index (χ1n) is 9.80. The van der Waals surface area contributed by atoms with E-state index in [-0.39, 0.29) is 11.7 Å². The molecule has 1 amide bonds. The Hall–Kier alpha value is -3.00. The van der Waals surface area contributed by atoms with Crippen molar-refractivity contribution in [2.45, 2.75) is 25.4 Å². The molecule has 3 aromatic rings. The van der Waals surface area contributed by atoms with E-state index in [4.69, 9.17) is 9.47 Å². The summed E-state index contributed by atoms with van der Waals surface area (Å²) in [5.41, 5.74) is 3.93. The van der Waals surface area contributed by atoms with Gasteiger partial charge in [-0.1, -0.05) is 17.8 Å². The van der Waals surface area contributed by atoms with Gasteiger partial charge in [0.1, 0.15) is 0 Å². The van der Waals surface area contributed by atoms with Crippen LogP contribution in [0.4, 0.5) is 5.69 Å². The number of aryl methyl sites for hydroxylation is 2. The number of thioether (sulfide) groups is 1. The monoisotopic (exact) mass is 424 g/mol. The zero-order valence-electron chi connectivity index (χ0n) is 17.3. The summed E-state index contributed by atoms with van der Waals surface area (Å²) >= 11 is 1.35. The summed E-state index contributed by atoms with van der Waals surface area (Å²) in [4.78, 5) is 12.4. The standard InChI is InChI=1S/C22H24N4O3S/c1-14-9-15(2)11-17(10-14)23-20(27)13-30-22-25-24-21(26(22)3)16-5-6-18-19(12-16)29-8-4-7-28-18/h5-6,9-12H,4,7-8,13H2,1-3H3,(H,23,27). The number of carbonyl (C=O) groups excluding carboxylic acids is 1. The fraction of sp³-hybridized carbons (Fsp3) is 0.318. The number of anilines is 1. The van der Waals surface area contributed by atoms with E-state index in [0.29, 0.717) is 24.2 Å². The molecule has 4 rings (SSSR count). The highest BCUT2D eigenvalue weighted by atomic mass is 32.2. The number of carbonyl (C=O) groups is 1. The lowest BCUT2D eigenvalue weighted by molar-refractivity contribution is -0.113. The van der Waals surface area contributed by atoms with Crippen LogP contribution >= 0.6 is 11.8 Å². The molecule has 0 radical (unpaired) electrons. The number of hydrogen-bond donors (Lipinski definition) is 1. The summed E-state index contributed by atoms with van der Waals surface area (Å²) in [7, 11) is 1.89. The van der Waals surface area contributed by atoms with Gasteiger partial charge in [0.15, 0.2) is 22.5 Å². The summed E-state index contributed by atoms with van der Waals surface area (Å²) in [6, 6.07) is 11.8. The lowest BCUT2D eigenvalue weighted by Crippen LogP contribution is -2.14. The predicted octanol–water partition coefficient (Wildman–Crippen LogP) is 3.99. The second-order valence-corrected chi connectivity index (χ2v) is 8.23. The van der Waals surface area contributed by atoms with Gasteiger partial charge in [-0.15, -0.1) is 10.2 Å². The normalized spacial score (nSPS) is 13.0. The lowest BCUT2D eigenvalue weighted by Gasteiger charge is -2.09. The zero-order chi connectivity index (χ0) is 21.1. The van der Waals surface area contributed by atoms with Crippen LogP contribution in [-0.2, 0) is 11.8 Å². The topological polar surface area (TPSA) is 78.3 Å². The Morgan fingerprint density at radius 2 is 1.80 bits per heavy atom. The van der Waals surface area contributed by atoms with Crippen molar-refractivity contribution in [3.63, 3.8) is 0 Å². The molecule has 1 aliphatic rings. The van der Waals surface area contributed by atoms with E-state index in [1.54, 1.807) is 0 Å². The van der Waals surface area contributed by atoms with Crippen molar-refractivity contribution >= 4 is 23.4 Å². The van der Waals surface area contributed by atoms with Crippen LogP contribution in [0.3, 0.4) is 0 Å². The fourth-order valence-electron chi connectivity index (χ4n) is 3.37. The number of benzene rings is 2. The molecule has 0 unspecified atom stereocenters. The van der Waals surface area contributed by atoms with Crippen molar-refractivity contribution < 1.29 is 14.3 Å². The van der Waals surface area contributed by atoms with Crippen molar-refractivity contribution in [3.05, 3.63) is 47.5 Å². The summed E-state index contributed by atoms with van der Waals surface area (Å²) in [6.45, 7) is 5.31. The van der Waals surface area contributed by atoms with Gasteiger partial charge in [-0.05, 0) is 55.3 Å². The molecule has 30 heavy (non-hydrogen) atoms. The third-order valence-corrected chi connectivity index (χ3v) is 5.70. The Balaban J connectivity index is 1.43. The second-order valence-electron chi connectivity index (χ2n) is 7.29. The van der Waals surface area contributed by atoms with Crippen molar-refractivity contribution in [2.24, 2.45) is 7.05 Å². The molecule has 0 saturated heterocycles. The molecule has 0 fully saturated rings. The number of hydrogen-bond acceptors (Lipinski definition) is 6. The number of rotatable bonds is 5. The zero-order valence-corrected chi connectivity index (χ0v) is 18.1. The molecule has 0 bridgehead atoms. The van der Waals surface area contributed by atoms with Gasteiger partial charge in [-0.25, -0.2) is 0 Å². The smallest absolute Gasteiger partial charge is 0.234 e. The van der Waals surface area contributed by atoms with Crippen LogP contribution in [0.15, 0.2) is 41.6 Å². The summed E-state index contributed by atoms with van der Waals surface area (Å²) < 4.78 is 13.3. The van der Waals surface area contributed by atoms with Crippen LogP contribution in [-0.4, -0.2) is 39.6 Å². The second kappa shape index (κ2) is 8.79. The third-order valence-electron chi connectivity index (χ3n) is 4.68. The van der Waals surface area contributed by atoms with E-state index in [1.807, 2.05) is 55.8 Å². The van der Waals surface area contributed by atoms with Crippen LogP contribution in [0.1, 0.15) is 17.5 Å². The maximum atomic E-state index is 12.4. The Kier molecular flexibility index (Phi) is 5.94. The van der Waals surface area contributed by atoms with Gasteiger partial charge in [-0.2, -0.15) is 0 Å². The molecule has 2 aromatic carbocycles. The molecule has 0 saturated carbocycles. The average Bonchev–Trinajstić information content (AvgIpc) is 2.91. The first-order chi connectivity index (χ1) is 14.5. The summed E-state index contributed by atoms with van der Waals surface area (Å²) in [5.74, 6) is 2.35. The SMILES string of the molecule is Cc1cc(C)cc(NC(=O)CSc2nnc(-c3ccc4c(c3)OCCCO4)n2C)c1. The van der Waals surface area contributed by atoms with Gasteiger partial charge in [0.25, 0.3) is 0 Å². The number of nitrogens with zero attached hydrogens (tertiary/aromatic N) is 3. The molecule has 0 atom stereocenters. The largest absolute Gasteiger partial charge is 0.490 e. The number of fused-ring (bicyclic) bond motifs is 1. The van der Waals surface area contributed by atoms with Gasteiger partial charge in [0.05, 0.1) is 19.0 Å². The van der Waals surface area contributed by atoms with E-state index in [9.17, 15) is 4.79 Å². The van der Waals surface area contributed by atoms with Crippen LogP contribution in [0.5, 0.6) is 11.5 Å². The minimum atomic E-state index is -0.0786. The maximum Gasteiger partial charge on any atom is 0.234 e. The minimum Gasteiger partial charge on any atom is -0.490 e. The highest BCUT2D eigenvalue weighted by Crippen LogP contribution is 2.34. The Bertz CT molecular complexity index is 1060. The first-order valence-corrected chi connectivity index (χ1v) is 10.8. The summed E-state index contributed by atoms with van der Waals surface area (Å²) in [6.07, 6.45) is 0.860. The number of ether oxygens (including phenoxy) is 2. The van der Waals surface area contributed by atoms with E-state index >= 15 is 0 Å². The predicted molar refractivity (Wildman–Crippen MR) is 117 cm³/mol. The van der Waals surface area contributed by atoms with Gasteiger partial charge < -0.3 is 19.4 Å². The van der Waals surface area contributed by atoms with Gasteiger partial charge in [0.2, 0.25) is 5.91 Å². The van der Waals surface area contributed by atoms with E-state index < -0.39 is 0 Å². The van der Waals surface area contributed by atoms with Crippen molar-refractivity contribution in [3.8, 4) is 22.9 Å². The van der Waals surface area contributed by atoms with Crippen molar-refractivity contribution in [1.82, 2.24) is 14.8 Å². The molecule has 0 aliphatic carbocycles. The van der Waals surface area contributed by atoms with Gasteiger partial charge >= 0.3 is 0 Å². The third kappa shape index (κ3) is 4.59. The highest BCUT2D eigenvalue weighted by molar-refractivity contribution is 7.99. The minimum absolute atomic E-state index is 0.0786. The first kappa shape index (κ1) is 20.3. The molecule has 8 heteroatoms. The van der Waals surface area contributed by atoms with Crippen molar-refractivity contribution in [1.29, 1.82) is 0 Å². The van der Waals surface area contributed by atoms with E-state index in [0.717, 1.165) is 40.3 Å². The number of aromatic nitrogens is 3. The molecular weight excluding hydrogens is 400 g/mol. The van der Waals surface area contributed by atoms with E-state index in [2.05, 4.69) is 21.6 Å². The van der Waals surface area contributed by atoms with Gasteiger partial charge in [-0.3, -0.25) is 4.79 Å². The quantitative estimate of drug-likeness (QED) is 0.624. The Morgan fingerprint density at radius 1 is 1.07 bits per heavy atom.